The van der Waals surface area contributed by atoms with Crippen LogP contribution in [-0.4, -0.2) is 42.7 Å². The van der Waals surface area contributed by atoms with Crippen molar-refractivity contribution in [1.29, 1.82) is 0 Å². The van der Waals surface area contributed by atoms with Gasteiger partial charge in [0, 0.05) is 18.0 Å². The standard InChI is InChI=1S/C18H20N2O4S/c1-22-12-5-6-16(23-2)15(10-12)20-17(21)14-4-3-8-19-18(14)24-13-7-9-25-11-13/h3-6,8,10,13H,7,9,11H2,1-2H3,(H,20,21). The number of nitrogens with zero attached hydrogens (tertiary/aromatic N) is 1. The van der Waals surface area contributed by atoms with Crippen LogP contribution in [0.25, 0.3) is 0 Å². The Labute approximate surface area is 150 Å². The molecule has 1 atom stereocenters. The zero-order valence-electron chi connectivity index (χ0n) is 14.2. The molecule has 0 spiro atoms. The summed E-state index contributed by atoms with van der Waals surface area (Å²) in [4.78, 5) is 17.0. The molecule has 1 saturated heterocycles. The predicted octanol–water partition coefficient (Wildman–Crippen LogP) is 3.24. The highest BCUT2D eigenvalue weighted by Gasteiger charge is 2.22. The molecule has 1 unspecified atom stereocenters. The molecule has 1 N–H and O–H groups in total. The van der Waals surface area contributed by atoms with Gasteiger partial charge in [0.05, 0.1) is 19.9 Å². The van der Waals surface area contributed by atoms with E-state index in [1.54, 1.807) is 50.7 Å². The quantitative estimate of drug-likeness (QED) is 0.853. The van der Waals surface area contributed by atoms with Gasteiger partial charge in [0.1, 0.15) is 23.2 Å². The molecule has 1 aliphatic rings. The third kappa shape index (κ3) is 4.17. The van der Waals surface area contributed by atoms with Crippen LogP contribution in [0.15, 0.2) is 36.5 Å². The van der Waals surface area contributed by atoms with Gasteiger partial charge < -0.3 is 19.5 Å². The zero-order valence-corrected chi connectivity index (χ0v) is 15.0. The van der Waals surface area contributed by atoms with Gasteiger partial charge in [-0.2, -0.15) is 11.8 Å². The highest BCUT2D eigenvalue weighted by atomic mass is 32.2. The molecule has 1 aromatic carbocycles. The molecule has 6 nitrogen and oxygen atoms in total. The van der Waals surface area contributed by atoms with Gasteiger partial charge in [-0.05, 0) is 36.4 Å². The molecule has 1 aromatic heterocycles. The van der Waals surface area contributed by atoms with Crippen LogP contribution in [0.3, 0.4) is 0 Å². The van der Waals surface area contributed by atoms with Crippen molar-refractivity contribution in [1.82, 2.24) is 4.98 Å². The topological polar surface area (TPSA) is 69.7 Å². The SMILES string of the molecule is COc1ccc(OC)c(NC(=O)c2cccnc2OC2CCSC2)c1. The van der Waals surface area contributed by atoms with Crippen molar-refractivity contribution >= 4 is 23.4 Å². The Hall–Kier alpha value is -2.41. The van der Waals surface area contributed by atoms with E-state index in [1.165, 1.54) is 0 Å². The molecular formula is C18H20N2O4S. The number of carbonyl (C=O) groups is 1. The lowest BCUT2D eigenvalue weighted by Gasteiger charge is -2.15. The van der Waals surface area contributed by atoms with E-state index in [9.17, 15) is 4.79 Å². The molecule has 0 bridgehead atoms. The minimum absolute atomic E-state index is 0.0952. The highest BCUT2D eigenvalue weighted by molar-refractivity contribution is 7.99. The zero-order chi connectivity index (χ0) is 17.6. The average molecular weight is 360 g/mol. The molecule has 132 valence electrons. The van der Waals surface area contributed by atoms with Gasteiger partial charge in [-0.15, -0.1) is 0 Å². The lowest BCUT2D eigenvalue weighted by molar-refractivity contribution is 0.101. The predicted molar refractivity (Wildman–Crippen MR) is 98.1 cm³/mol. The number of anilines is 1. The van der Waals surface area contributed by atoms with Gasteiger partial charge in [0.15, 0.2) is 0 Å². The fraction of sp³-hybridized carbons (Fsp3) is 0.333. The Kier molecular flexibility index (Phi) is 5.65. The Morgan fingerprint density at radius 1 is 1.28 bits per heavy atom. The van der Waals surface area contributed by atoms with Crippen LogP contribution >= 0.6 is 11.8 Å². The summed E-state index contributed by atoms with van der Waals surface area (Å²) >= 11 is 1.84. The van der Waals surface area contributed by atoms with Gasteiger partial charge in [-0.3, -0.25) is 4.79 Å². The van der Waals surface area contributed by atoms with Gasteiger partial charge in [0.25, 0.3) is 5.91 Å². The number of aromatic nitrogens is 1. The number of amides is 1. The molecule has 25 heavy (non-hydrogen) atoms. The average Bonchev–Trinajstić information content (AvgIpc) is 3.15. The summed E-state index contributed by atoms with van der Waals surface area (Å²) in [5.41, 5.74) is 0.919. The molecule has 2 heterocycles. The van der Waals surface area contributed by atoms with Crippen LogP contribution in [-0.2, 0) is 0 Å². The second-order valence-corrected chi connectivity index (χ2v) is 6.63. The molecule has 1 fully saturated rings. The summed E-state index contributed by atoms with van der Waals surface area (Å²) in [5, 5.41) is 2.85. The minimum Gasteiger partial charge on any atom is -0.497 e. The summed E-state index contributed by atoms with van der Waals surface area (Å²) in [6.07, 6.45) is 2.68. The number of nitrogens with one attached hydrogen (secondary N) is 1. The molecule has 1 aliphatic heterocycles. The van der Waals surface area contributed by atoms with Crippen molar-refractivity contribution in [2.24, 2.45) is 0 Å². The third-order valence-corrected chi connectivity index (χ3v) is 4.97. The molecule has 1 amide bonds. The normalized spacial score (nSPS) is 16.3. The number of ether oxygens (including phenoxy) is 3. The van der Waals surface area contributed by atoms with Crippen molar-refractivity contribution in [3.63, 3.8) is 0 Å². The lowest BCUT2D eigenvalue weighted by atomic mass is 10.2. The maximum atomic E-state index is 12.7. The summed E-state index contributed by atoms with van der Waals surface area (Å²) in [6.45, 7) is 0. The summed E-state index contributed by atoms with van der Waals surface area (Å²) in [5.74, 6) is 3.21. The van der Waals surface area contributed by atoms with Crippen LogP contribution in [0.1, 0.15) is 16.8 Å². The lowest BCUT2D eigenvalue weighted by Crippen LogP contribution is -2.20. The highest BCUT2D eigenvalue weighted by Crippen LogP contribution is 2.30. The van der Waals surface area contributed by atoms with Crippen LogP contribution in [0.2, 0.25) is 0 Å². The number of thioether (sulfide) groups is 1. The first-order valence-electron chi connectivity index (χ1n) is 7.94. The van der Waals surface area contributed by atoms with E-state index in [2.05, 4.69) is 10.3 Å². The number of pyridine rings is 1. The van der Waals surface area contributed by atoms with E-state index in [0.29, 0.717) is 28.6 Å². The van der Waals surface area contributed by atoms with Gasteiger partial charge in [0.2, 0.25) is 5.88 Å². The van der Waals surface area contributed by atoms with Crippen molar-refractivity contribution in [2.45, 2.75) is 12.5 Å². The number of rotatable bonds is 6. The number of methoxy groups -OCH3 is 2. The van der Waals surface area contributed by atoms with E-state index < -0.39 is 0 Å². The van der Waals surface area contributed by atoms with E-state index in [0.717, 1.165) is 17.9 Å². The summed E-state index contributed by atoms with van der Waals surface area (Å²) < 4.78 is 16.4. The van der Waals surface area contributed by atoms with Crippen molar-refractivity contribution < 1.29 is 19.0 Å². The number of hydrogen-bond donors (Lipinski definition) is 1. The first kappa shape index (κ1) is 17.4. The first-order valence-corrected chi connectivity index (χ1v) is 9.09. The van der Waals surface area contributed by atoms with Crippen LogP contribution < -0.4 is 19.5 Å². The number of carbonyl (C=O) groups excluding carboxylic acids is 1. The molecule has 0 saturated carbocycles. The molecule has 2 aromatic rings. The largest absolute Gasteiger partial charge is 0.497 e. The Bertz CT molecular complexity index is 748. The van der Waals surface area contributed by atoms with Crippen LogP contribution in [0.4, 0.5) is 5.69 Å². The van der Waals surface area contributed by atoms with Crippen LogP contribution in [0, 0.1) is 0 Å². The summed E-state index contributed by atoms with van der Waals surface area (Å²) in [6, 6.07) is 8.64. The smallest absolute Gasteiger partial charge is 0.261 e. The van der Waals surface area contributed by atoms with Gasteiger partial charge in [-0.1, -0.05) is 0 Å². The van der Waals surface area contributed by atoms with Gasteiger partial charge >= 0.3 is 0 Å². The van der Waals surface area contributed by atoms with Gasteiger partial charge in [-0.25, -0.2) is 4.98 Å². The third-order valence-electron chi connectivity index (χ3n) is 3.84. The maximum absolute atomic E-state index is 12.7. The second-order valence-electron chi connectivity index (χ2n) is 5.48. The second kappa shape index (κ2) is 8.11. The summed E-state index contributed by atoms with van der Waals surface area (Å²) in [7, 11) is 3.12. The monoisotopic (exact) mass is 360 g/mol. The fourth-order valence-corrected chi connectivity index (χ4v) is 3.62. The van der Waals surface area contributed by atoms with Crippen molar-refractivity contribution in [3.05, 3.63) is 42.1 Å². The maximum Gasteiger partial charge on any atom is 0.261 e. The molecular weight excluding hydrogens is 340 g/mol. The molecule has 7 heteroatoms. The van der Waals surface area contributed by atoms with E-state index in [-0.39, 0.29) is 12.0 Å². The van der Waals surface area contributed by atoms with Crippen LogP contribution in [0.5, 0.6) is 17.4 Å². The van der Waals surface area contributed by atoms with E-state index in [4.69, 9.17) is 14.2 Å². The Morgan fingerprint density at radius 2 is 2.16 bits per heavy atom. The Balaban J connectivity index is 1.82. The number of hydrogen-bond acceptors (Lipinski definition) is 6. The Morgan fingerprint density at radius 3 is 2.88 bits per heavy atom. The van der Waals surface area contributed by atoms with Crippen molar-refractivity contribution in [3.8, 4) is 17.4 Å². The van der Waals surface area contributed by atoms with E-state index >= 15 is 0 Å². The molecule has 0 aliphatic carbocycles. The van der Waals surface area contributed by atoms with Crippen molar-refractivity contribution in [2.75, 3.05) is 31.0 Å². The number of benzene rings is 1. The molecule has 3 rings (SSSR count). The first-order chi connectivity index (χ1) is 12.2. The van der Waals surface area contributed by atoms with E-state index in [1.807, 2.05) is 11.8 Å². The fourth-order valence-electron chi connectivity index (χ4n) is 2.52. The molecule has 0 radical (unpaired) electrons. The minimum atomic E-state index is -0.305.